The predicted molar refractivity (Wildman–Crippen MR) is 74.8 cm³/mol. The smallest absolute Gasteiger partial charge is 0.266 e. The van der Waals surface area contributed by atoms with Gasteiger partial charge in [0.2, 0.25) is 0 Å². The molecule has 1 heterocycles. The third kappa shape index (κ3) is 1.50. The lowest BCUT2D eigenvalue weighted by molar-refractivity contribution is 0.0926. The van der Waals surface area contributed by atoms with E-state index in [1.807, 2.05) is 0 Å². The van der Waals surface area contributed by atoms with Crippen LogP contribution in [-0.2, 0) is 0 Å². The minimum absolute atomic E-state index is 0.0273. The van der Waals surface area contributed by atoms with Crippen LogP contribution in [-0.4, -0.2) is 16.9 Å². The first-order valence-electron chi connectivity index (χ1n) is 6.08. The van der Waals surface area contributed by atoms with Gasteiger partial charge in [0.25, 0.3) is 11.8 Å². The van der Waals surface area contributed by atoms with E-state index in [9.17, 15) is 14.7 Å². The van der Waals surface area contributed by atoms with Gasteiger partial charge in [-0.15, -0.1) is 0 Å². The van der Waals surface area contributed by atoms with Crippen molar-refractivity contribution in [2.75, 3.05) is 10.6 Å². The number of aryl methyl sites for hydroxylation is 1. The fraction of sp³-hybridized carbons (Fsp3) is 0.0667. The second-order valence-corrected chi connectivity index (χ2v) is 4.66. The molecule has 3 N–H and O–H groups in total. The lowest BCUT2D eigenvalue weighted by Gasteiger charge is -2.19. The lowest BCUT2D eigenvalue weighted by atomic mass is 10.1. The maximum absolute atomic E-state index is 12.4. The molecule has 2 amide bonds. The normalized spacial score (nSPS) is 13.8. The van der Waals surface area contributed by atoms with Crippen molar-refractivity contribution < 1.29 is 14.7 Å². The van der Waals surface area contributed by atoms with Crippen molar-refractivity contribution in [1.82, 2.24) is 0 Å². The van der Waals surface area contributed by atoms with Gasteiger partial charge in [0.1, 0.15) is 5.75 Å². The number of nitrogens with zero attached hydrogens (tertiary/aromatic N) is 1. The Labute approximate surface area is 115 Å². The molecule has 5 nitrogen and oxygen atoms in total. The third-order valence-corrected chi connectivity index (χ3v) is 3.41. The highest BCUT2D eigenvalue weighted by Gasteiger charge is 2.38. The number of hydrogen-bond acceptors (Lipinski definition) is 4. The number of benzene rings is 2. The highest BCUT2D eigenvalue weighted by molar-refractivity contribution is 6.35. The molecule has 0 atom stereocenters. The Kier molecular flexibility index (Phi) is 2.50. The zero-order valence-electron chi connectivity index (χ0n) is 10.8. The number of imide groups is 1. The first kappa shape index (κ1) is 12.2. The molecule has 0 aromatic heterocycles. The summed E-state index contributed by atoms with van der Waals surface area (Å²) in [6.45, 7) is 1.73. The zero-order chi connectivity index (χ0) is 14.4. The van der Waals surface area contributed by atoms with Crippen LogP contribution >= 0.6 is 0 Å². The fourth-order valence-corrected chi connectivity index (χ4v) is 2.40. The highest BCUT2D eigenvalue weighted by atomic mass is 16.3. The highest BCUT2D eigenvalue weighted by Crippen LogP contribution is 2.38. The molecule has 0 spiro atoms. The van der Waals surface area contributed by atoms with Gasteiger partial charge in [0.15, 0.2) is 0 Å². The summed E-state index contributed by atoms with van der Waals surface area (Å²) < 4.78 is 0. The first-order chi connectivity index (χ1) is 9.52. The molecular weight excluding hydrogens is 256 g/mol. The van der Waals surface area contributed by atoms with Gasteiger partial charge < -0.3 is 10.8 Å². The summed E-state index contributed by atoms with van der Waals surface area (Å²) in [7, 11) is 0. The Morgan fingerprint density at radius 1 is 1.00 bits per heavy atom. The summed E-state index contributed by atoms with van der Waals surface area (Å²) in [6.07, 6.45) is 0. The number of rotatable bonds is 1. The molecule has 5 heteroatoms. The Hall–Kier alpha value is -2.82. The average molecular weight is 268 g/mol. The summed E-state index contributed by atoms with van der Waals surface area (Å²) in [5, 5.41) is 9.70. The molecule has 0 bridgehead atoms. The van der Waals surface area contributed by atoms with Gasteiger partial charge >= 0.3 is 0 Å². The molecule has 0 saturated heterocycles. The summed E-state index contributed by atoms with van der Waals surface area (Å²) in [5.41, 5.74) is 7.44. The van der Waals surface area contributed by atoms with E-state index in [1.165, 1.54) is 6.07 Å². The number of aromatic hydroxyl groups is 1. The number of hydrogen-bond donors (Lipinski definition) is 2. The predicted octanol–water partition coefficient (Wildman–Crippen LogP) is 2.08. The van der Waals surface area contributed by atoms with Crippen LogP contribution < -0.4 is 10.6 Å². The molecule has 0 unspecified atom stereocenters. The van der Waals surface area contributed by atoms with Crippen LogP contribution in [0.3, 0.4) is 0 Å². The Balaban J connectivity index is 2.22. The largest absolute Gasteiger partial charge is 0.506 e. The molecule has 0 saturated carbocycles. The number of carbonyl (C=O) groups is 2. The van der Waals surface area contributed by atoms with Crippen molar-refractivity contribution in [2.45, 2.75) is 6.92 Å². The Morgan fingerprint density at radius 3 is 2.10 bits per heavy atom. The van der Waals surface area contributed by atoms with E-state index in [0.717, 1.165) is 4.90 Å². The second kappa shape index (κ2) is 4.09. The van der Waals surface area contributed by atoms with Gasteiger partial charge in [-0.2, -0.15) is 0 Å². The van der Waals surface area contributed by atoms with Crippen LogP contribution in [0.5, 0.6) is 5.75 Å². The topological polar surface area (TPSA) is 83.6 Å². The van der Waals surface area contributed by atoms with Gasteiger partial charge in [-0.3, -0.25) is 9.59 Å². The molecular formula is C15H12N2O3. The van der Waals surface area contributed by atoms with Gasteiger partial charge in [-0.1, -0.05) is 18.2 Å². The SMILES string of the molecule is Cc1ccc(O)c(N)c1N1C(=O)c2ccccc2C1=O. The van der Waals surface area contributed by atoms with E-state index >= 15 is 0 Å². The van der Waals surface area contributed by atoms with E-state index in [0.29, 0.717) is 16.7 Å². The van der Waals surface area contributed by atoms with Gasteiger partial charge in [-0.25, -0.2) is 4.90 Å². The van der Waals surface area contributed by atoms with Crippen LogP contribution in [0, 0.1) is 6.92 Å². The van der Waals surface area contributed by atoms with Gasteiger partial charge in [0.05, 0.1) is 22.5 Å². The van der Waals surface area contributed by atoms with E-state index in [4.69, 9.17) is 5.73 Å². The number of carbonyl (C=O) groups excluding carboxylic acids is 2. The number of amides is 2. The molecule has 0 fully saturated rings. The van der Waals surface area contributed by atoms with Crippen LogP contribution in [0.25, 0.3) is 0 Å². The minimum atomic E-state index is -0.425. The Morgan fingerprint density at radius 2 is 1.55 bits per heavy atom. The average Bonchev–Trinajstić information content (AvgIpc) is 2.69. The second-order valence-electron chi connectivity index (χ2n) is 4.66. The first-order valence-corrected chi connectivity index (χ1v) is 6.08. The number of phenols is 1. The number of anilines is 2. The number of nitrogen functional groups attached to an aromatic ring is 1. The quantitative estimate of drug-likeness (QED) is 0.471. The lowest BCUT2D eigenvalue weighted by Crippen LogP contribution is -2.30. The standard InChI is InChI=1S/C15H12N2O3/c1-8-6-7-11(18)12(16)13(8)17-14(19)9-4-2-3-5-10(9)15(17)20/h2-7,18H,16H2,1H3. The number of fused-ring (bicyclic) bond motifs is 1. The maximum atomic E-state index is 12.4. The third-order valence-electron chi connectivity index (χ3n) is 3.41. The summed E-state index contributed by atoms with van der Waals surface area (Å²) >= 11 is 0. The summed E-state index contributed by atoms with van der Waals surface area (Å²) in [5.74, 6) is -1.00. The van der Waals surface area contributed by atoms with E-state index in [1.54, 1.807) is 37.3 Å². The summed E-state index contributed by atoms with van der Waals surface area (Å²) in [6, 6.07) is 9.66. The van der Waals surface area contributed by atoms with Crippen molar-refractivity contribution in [2.24, 2.45) is 0 Å². The van der Waals surface area contributed by atoms with E-state index in [-0.39, 0.29) is 17.1 Å². The van der Waals surface area contributed by atoms with Gasteiger partial charge in [0, 0.05) is 0 Å². The summed E-state index contributed by atoms with van der Waals surface area (Å²) in [4.78, 5) is 25.8. The van der Waals surface area contributed by atoms with Gasteiger partial charge in [-0.05, 0) is 30.7 Å². The molecule has 1 aliphatic heterocycles. The zero-order valence-corrected chi connectivity index (χ0v) is 10.8. The van der Waals surface area contributed by atoms with Crippen LogP contribution in [0.1, 0.15) is 26.3 Å². The van der Waals surface area contributed by atoms with Crippen LogP contribution in [0.4, 0.5) is 11.4 Å². The maximum Gasteiger partial charge on any atom is 0.266 e. The minimum Gasteiger partial charge on any atom is -0.506 e. The van der Waals surface area contributed by atoms with Crippen molar-refractivity contribution in [3.63, 3.8) is 0 Å². The number of phenolic OH excluding ortho intramolecular Hbond substituents is 1. The van der Waals surface area contributed by atoms with Crippen molar-refractivity contribution in [1.29, 1.82) is 0 Å². The molecule has 3 rings (SSSR count). The molecule has 0 radical (unpaired) electrons. The van der Waals surface area contributed by atoms with Crippen LogP contribution in [0.2, 0.25) is 0 Å². The van der Waals surface area contributed by atoms with E-state index < -0.39 is 11.8 Å². The van der Waals surface area contributed by atoms with Crippen molar-refractivity contribution in [3.05, 3.63) is 53.1 Å². The monoisotopic (exact) mass is 268 g/mol. The van der Waals surface area contributed by atoms with Crippen LogP contribution in [0.15, 0.2) is 36.4 Å². The molecule has 100 valence electrons. The van der Waals surface area contributed by atoms with Crippen molar-refractivity contribution in [3.8, 4) is 5.75 Å². The molecule has 1 aliphatic rings. The Bertz CT molecular complexity index is 718. The van der Waals surface area contributed by atoms with E-state index in [2.05, 4.69) is 0 Å². The molecule has 2 aromatic carbocycles. The molecule has 2 aromatic rings. The molecule has 0 aliphatic carbocycles. The number of nitrogens with two attached hydrogens (primary N) is 1. The fourth-order valence-electron chi connectivity index (χ4n) is 2.40. The van der Waals surface area contributed by atoms with Crippen molar-refractivity contribution >= 4 is 23.2 Å². The molecule has 20 heavy (non-hydrogen) atoms.